The second-order valence-corrected chi connectivity index (χ2v) is 3.67. The molecule has 2 rings (SSSR count). The van der Waals surface area contributed by atoms with E-state index in [1.165, 1.54) is 18.5 Å². The third-order valence-electron chi connectivity index (χ3n) is 2.19. The van der Waals surface area contributed by atoms with Crippen molar-refractivity contribution in [1.29, 1.82) is 0 Å². The summed E-state index contributed by atoms with van der Waals surface area (Å²) in [5.74, 6) is 5.37. The summed E-state index contributed by atoms with van der Waals surface area (Å²) in [6.07, 6.45) is 5.78. The van der Waals surface area contributed by atoms with E-state index in [9.17, 15) is 4.39 Å². The Labute approximate surface area is 109 Å². The summed E-state index contributed by atoms with van der Waals surface area (Å²) in [5.41, 5.74) is 1.27. The lowest BCUT2D eigenvalue weighted by atomic mass is 10.3. The summed E-state index contributed by atoms with van der Waals surface area (Å²) < 4.78 is 18.4. The highest BCUT2D eigenvalue weighted by Crippen LogP contribution is 2.13. The predicted octanol–water partition coefficient (Wildman–Crippen LogP) is 1.54. The standard InChI is InChI=1S/C14H11FN2O2/c15-13-4-12(7-16-8-13)10-19-14-5-11(2-1-3-18)6-17-9-14/h4-9,18H,3,10H2. The number of hydrogen-bond donors (Lipinski definition) is 1. The Morgan fingerprint density at radius 3 is 2.79 bits per heavy atom. The van der Waals surface area contributed by atoms with Crippen molar-refractivity contribution in [3.63, 3.8) is 0 Å². The molecule has 0 aliphatic heterocycles. The van der Waals surface area contributed by atoms with Gasteiger partial charge >= 0.3 is 0 Å². The van der Waals surface area contributed by atoms with Gasteiger partial charge in [0.1, 0.15) is 24.8 Å². The normalized spacial score (nSPS) is 9.58. The maximum absolute atomic E-state index is 12.9. The minimum atomic E-state index is -0.401. The van der Waals surface area contributed by atoms with Crippen LogP contribution >= 0.6 is 0 Å². The monoisotopic (exact) mass is 258 g/mol. The minimum Gasteiger partial charge on any atom is -0.487 e. The van der Waals surface area contributed by atoms with Crippen LogP contribution in [-0.2, 0) is 6.61 Å². The molecule has 0 radical (unpaired) electrons. The fourth-order valence-corrected chi connectivity index (χ4v) is 1.41. The number of aromatic nitrogens is 2. The van der Waals surface area contributed by atoms with Gasteiger partial charge in [-0.3, -0.25) is 9.97 Å². The summed E-state index contributed by atoms with van der Waals surface area (Å²) in [5, 5.41) is 8.61. The van der Waals surface area contributed by atoms with Crippen molar-refractivity contribution in [3.8, 4) is 17.6 Å². The zero-order valence-electron chi connectivity index (χ0n) is 10.0. The van der Waals surface area contributed by atoms with Gasteiger partial charge in [0, 0.05) is 23.5 Å². The summed E-state index contributed by atoms with van der Waals surface area (Å²) in [6, 6.07) is 3.05. The molecule has 0 aliphatic rings. The highest BCUT2D eigenvalue weighted by molar-refractivity contribution is 5.36. The Hall–Kier alpha value is -2.45. The Bertz CT molecular complexity index is 620. The van der Waals surface area contributed by atoms with Gasteiger partial charge in [-0.05, 0) is 12.1 Å². The lowest BCUT2D eigenvalue weighted by Gasteiger charge is -2.05. The molecule has 2 aromatic heterocycles. The van der Waals surface area contributed by atoms with Crippen molar-refractivity contribution in [3.05, 3.63) is 53.9 Å². The largest absolute Gasteiger partial charge is 0.487 e. The average molecular weight is 258 g/mol. The van der Waals surface area contributed by atoms with Gasteiger partial charge in [0.05, 0.1) is 12.4 Å². The van der Waals surface area contributed by atoms with Crippen molar-refractivity contribution in [2.24, 2.45) is 0 Å². The Morgan fingerprint density at radius 1 is 1.16 bits per heavy atom. The van der Waals surface area contributed by atoms with E-state index in [0.717, 1.165) is 6.20 Å². The molecule has 19 heavy (non-hydrogen) atoms. The van der Waals surface area contributed by atoms with Gasteiger partial charge in [-0.15, -0.1) is 0 Å². The van der Waals surface area contributed by atoms with E-state index in [1.807, 2.05) is 0 Å². The van der Waals surface area contributed by atoms with Crippen molar-refractivity contribution in [2.75, 3.05) is 6.61 Å². The Kier molecular flexibility index (Phi) is 4.43. The molecule has 0 atom stereocenters. The Morgan fingerprint density at radius 2 is 2.00 bits per heavy atom. The SMILES string of the molecule is OCC#Cc1cncc(OCc2cncc(F)c2)c1. The van der Waals surface area contributed by atoms with Crippen LogP contribution in [-0.4, -0.2) is 21.7 Å². The van der Waals surface area contributed by atoms with Crippen molar-refractivity contribution in [2.45, 2.75) is 6.61 Å². The van der Waals surface area contributed by atoms with Crippen LogP contribution < -0.4 is 4.74 Å². The number of ether oxygens (including phenoxy) is 1. The fraction of sp³-hybridized carbons (Fsp3) is 0.143. The molecule has 2 heterocycles. The molecule has 0 aliphatic carbocycles. The number of aliphatic hydroxyl groups excluding tert-OH is 1. The van der Waals surface area contributed by atoms with E-state index in [2.05, 4.69) is 21.8 Å². The quantitative estimate of drug-likeness (QED) is 0.848. The molecule has 96 valence electrons. The first-order valence-electron chi connectivity index (χ1n) is 5.55. The van der Waals surface area contributed by atoms with E-state index in [1.54, 1.807) is 12.3 Å². The molecule has 0 spiro atoms. The number of nitrogens with zero attached hydrogens (tertiary/aromatic N) is 2. The zero-order chi connectivity index (χ0) is 13.5. The summed E-state index contributed by atoms with van der Waals surface area (Å²) >= 11 is 0. The summed E-state index contributed by atoms with van der Waals surface area (Å²) in [4.78, 5) is 7.70. The van der Waals surface area contributed by atoms with Crippen LogP contribution in [0.3, 0.4) is 0 Å². The average Bonchev–Trinajstić information content (AvgIpc) is 2.43. The molecular formula is C14H11FN2O2. The van der Waals surface area contributed by atoms with E-state index >= 15 is 0 Å². The summed E-state index contributed by atoms with van der Waals surface area (Å²) in [7, 11) is 0. The number of pyridine rings is 2. The number of aliphatic hydroxyl groups is 1. The first kappa shape index (κ1) is 13.0. The molecule has 1 N–H and O–H groups in total. The molecule has 2 aromatic rings. The van der Waals surface area contributed by atoms with Crippen LogP contribution in [0.15, 0.2) is 36.9 Å². The minimum absolute atomic E-state index is 0.198. The van der Waals surface area contributed by atoms with E-state index < -0.39 is 5.82 Å². The zero-order valence-corrected chi connectivity index (χ0v) is 10.0. The third kappa shape index (κ3) is 4.05. The van der Waals surface area contributed by atoms with Gasteiger partial charge in [0.25, 0.3) is 0 Å². The van der Waals surface area contributed by atoms with Crippen molar-refractivity contribution in [1.82, 2.24) is 9.97 Å². The van der Waals surface area contributed by atoms with Gasteiger partial charge in [-0.25, -0.2) is 4.39 Å². The van der Waals surface area contributed by atoms with Crippen LogP contribution in [0, 0.1) is 17.7 Å². The topological polar surface area (TPSA) is 55.2 Å². The molecule has 0 amide bonds. The predicted molar refractivity (Wildman–Crippen MR) is 66.7 cm³/mol. The Balaban J connectivity index is 2.03. The fourth-order valence-electron chi connectivity index (χ4n) is 1.41. The molecule has 0 saturated carbocycles. The molecule has 0 unspecified atom stereocenters. The lowest BCUT2D eigenvalue weighted by molar-refractivity contribution is 0.303. The van der Waals surface area contributed by atoms with Gasteiger partial charge in [0.15, 0.2) is 0 Å². The van der Waals surface area contributed by atoms with Crippen molar-refractivity contribution < 1.29 is 14.2 Å². The second-order valence-electron chi connectivity index (χ2n) is 3.67. The molecule has 0 saturated heterocycles. The van der Waals surface area contributed by atoms with E-state index in [-0.39, 0.29) is 13.2 Å². The van der Waals surface area contributed by atoms with Crippen LogP contribution in [0.1, 0.15) is 11.1 Å². The van der Waals surface area contributed by atoms with Crippen molar-refractivity contribution >= 4 is 0 Å². The maximum Gasteiger partial charge on any atom is 0.141 e. The third-order valence-corrected chi connectivity index (χ3v) is 2.19. The van der Waals surface area contributed by atoms with Crippen LogP contribution in [0.25, 0.3) is 0 Å². The van der Waals surface area contributed by atoms with E-state index in [0.29, 0.717) is 16.9 Å². The van der Waals surface area contributed by atoms with Gasteiger partial charge in [-0.2, -0.15) is 0 Å². The lowest BCUT2D eigenvalue weighted by Crippen LogP contribution is -1.97. The molecule has 0 bridgehead atoms. The number of hydrogen-bond acceptors (Lipinski definition) is 4. The highest BCUT2D eigenvalue weighted by atomic mass is 19.1. The number of rotatable bonds is 3. The first-order valence-corrected chi connectivity index (χ1v) is 5.55. The molecule has 5 heteroatoms. The molecule has 0 fully saturated rings. The second kappa shape index (κ2) is 6.47. The number of halogens is 1. The van der Waals surface area contributed by atoms with Crippen LogP contribution in [0.4, 0.5) is 4.39 Å². The van der Waals surface area contributed by atoms with Gasteiger partial charge in [-0.1, -0.05) is 11.8 Å². The highest BCUT2D eigenvalue weighted by Gasteiger charge is 1.99. The molecule has 4 nitrogen and oxygen atoms in total. The maximum atomic E-state index is 12.9. The van der Waals surface area contributed by atoms with Crippen LogP contribution in [0.2, 0.25) is 0 Å². The van der Waals surface area contributed by atoms with Crippen LogP contribution in [0.5, 0.6) is 5.75 Å². The van der Waals surface area contributed by atoms with E-state index in [4.69, 9.17) is 9.84 Å². The van der Waals surface area contributed by atoms with Gasteiger partial charge in [0.2, 0.25) is 0 Å². The summed E-state index contributed by atoms with van der Waals surface area (Å²) in [6.45, 7) is -0.0105. The molecule has 0 aromatic carbocycles. The van der Waals surface area contributed by atoms with Gasteiger partial charge < -0.3 is 9.84 Å². The molecular weight excluding hydrogens is 247 g/mol. The first-order chi connectivity index (χ1) is 9.28. The smallest absolute Gasteiger partial charge is 0.141 e.